The topological polar surface area (TPSA) is 75.6 Å². The van der Waals surface area contributed by atoms with E-state index in [1.807, 2.05) is 0 Å². The van der Waals surface area contributed by atoms with Crippen LogP contribution < -0.4 is 4.72 Å². The fourth-order valence-corrected chi connectivity index (χ4v) is 2.29. The SMILES string of the molecule is COCCNS(=O)(=O)c1ccc(CO)cc1F. The van der Waals surface area contributed by atoms with Gasteiger partial charge in [0.1, 0.15) is 10.7 Å². The number of aliphatic hydroxyl groups is 1. The van der Waals surface area contributed by atoms with Crippen molar-refractivity contribution in [1.82, 2.24) is 4.72 Å². The van der Waals surface area contributed by atoms with Crippen molar-refractivity contribution >= 4 is 10.0 Å². The molecular formula is C10H14FNO4S. The van der Waals surface area contributed by atoms with Gasteiger partial charge < -0.3 is 9.84 Å². The molecular weight excluding hydrogens is 249 g/mol. The second-order valence-electron chi connectivity index (χ2n) is 3.31. The molecule has 2 N–H and O–H groups in total. The molecule has 0 heterocycles. The maximum absolute atomic E-state index is 13.5. The van der Waals surface area contributed by atoms with E-state index >= 15 is 0 Å². The molecule has 0 bridgehead atoms. The van der Waals surface area contributed by atoms with E-state index < -0.39 is 20.7 Å². The lowest BCUT2D eigenvalue weighted by atomic mass is 10.2. The molecule has 0 saturated heterocycles. The normalized spacial score (nSPS) is 11.7. The summed E-state index contributed by atoms with van der Waals surface area (Å²) in [6, 6.07) is 3.47. The van der Waals surface area contributed by atoms with Crippen LogP contribution >= 0.6 is 0 Å². The highest BCUT2D eigenvalue weighted by molar-refractivity contribution is 7.89. The molecule has 5 nitrogen and oxygen atoms in total. The van der Waals surface area contributed by atoms with Crippen LogP contribution in [0.5, 0.6) is 0 Å². The highest BCUT2D eigenvalue weighted by atomic mass is 32.2. The number of ether oxygens (including phenoxy) is 1. The van der Waals surface area contributed by atoms with Gasteiger partial charge in [0.05, 0.1) is 13.2 Å². The number of nitrogens with one attached hydrogen (secondary N) is 1. The van der Waals surface area contributed by atoms with Crippen molar-refractivity contribution in [3.63, 3.8) is 0 Å². The van der Waals surface area contributed by atoms with Gasteiger partial charge in [-0.15, -0.1) is 0 Å². The predicted octanol–water partition coefficient (Wildman–Crippen LogP) is 0.243. The number of aliphatic hydroxyl groups excluding tert-OH is 1. The zero-order chi connectivity index (χ0) is 12.9. The smallest absolute Gasteiger partial charge is 0.243 e. The molecule has 7 heteroatoms. The third kappa shape index (κ3) is 3.74. The van der Waals surface area contributed by atoms with Crippen molar-refractivity contribution in [2.75, 3.05) is 20.3 Å². The molecule has 96 valence electrons. The third-order valence-electron chi connectivity index (χ3n) is 2.07. The molecule has 1 aromatic carbocycles. The van der Waals surface area contributed by atoms with Gasteiger partial charge in [-0.2, -0.15) is 0 Å². The number of hydrogen-bond acceptors (Lipinski definition) is 4. The number of rotatable bonds is 6. The summed E-state index contributed by atoms with van der Waals surface area (Å²) in [5.74, 6) is -0.888. The predicted molar refractivity (Wildman–Crippen MR) is 59.4 cm³/mol. The van der Waals surface area contributed by atoms with E-state index in [4.69, 9.17) is 5.11 Å². The summed E-state index contributed by atoms with van der Waals surface area (Å²) in [5, 5.41) is 8.78. The zero-order valence-electron chi connectivity index (χ0n) is 9.31. The van der Waals surface area contributed by atoms with Gasteiger partial charge in [0.15, 0.2) is 0 Å². The second kappa shape index (κ2) is 6.06. The van der Waals surface area contributed by atoms with Gasteiger partial charge in [0.25, 0.3) is 0 Å². The summed E-state index contributed by atoms with van der Waals surface area (Å²) in [4.78, 5) is -0.439. The van der Waals surface area contributed by atoms with Gasteiger partial charge in [0, 0.05) is 13.7 Å². The van der Waals surface area contributed by atoms with Crippen molar-refractivity contribution in [2.24, 2.45) is 0 Å². The van der Waals surface area contributed by atoms with Gasteiger partial charge in [-0.25, -0.2) is 17.5 Å². The van der Waals surface area contributed by atoms with Crippen LogP contribution in [-0.4, -0.2) is 33.8 Å². The van der Waals surface area contributed by atoms with Crippen LogP contribution in [0, 0.1) is 5.82 Å². The average Bonchev–Trinajstić information content (AvgIpc) is 2.28. The van der Waals surface area contributed by atoms with E-state index in [-0.39, 0.29) is 19.8 Å². The van der Waals surface area contributed by atoms with Crippen molar-refractivity contribution < 1.29 is 22.7 Å². The molecule has 0 spiro atoms. The highest BCUT2D eigenvalue weighted by Crippen LogP contribution is 2.15. The number of methoxy groups -OCH3 is 1. The summed E-state index contributed by atoms with van der Waals surface area (Å²) < 4.78 is 43.7. The van der Waals surface area contributed by atoms with Crippen molar-refractivity contribution in [3.05, 3.63) is 29.6 Å². The molecule has 0 aliphatic heterocycles. The first kappa shape index (κ1) is 14.0. The monoisotopic (exact) mass is 263 g/mol. The summed E-state index contributed by atoms with van der Waals surface area (Å²) in [5.41, 5.74) is 0.318. The Morgan fingerprint density at radius 3 is 2.71 bits per heavy atom. The largest absolute Gasteiger partial charge is 0.392 e. The standard InChI is InChI=1S/C10H14FNO4S/c1-16-5-4-12-17(14,15)10-3-2-8(7-13)6-9(10)11/h2-3,6,12-13H,4-5,7H2,1H3. The summed E-state index contributed by atoms with van der Waals surface area (Å²) >= 11 is 0. The molecule has 0 aliphatic rings. The Labute approximate surface area is 99.3 Å². The van der Waals surface area contributed by atoms with E-state index in [2.05, 4.69) is 9.46 Å². The fraction of sp³-hybridized carbons (Fsp3) is 0.400. The van der Waals surface area contributed by atoms with Gasteiger partial charge in [0.2, 0.25) is 10.0 Å². The molecule has 0 atom stereocenters. The Bertz CT molecular complexity index is 475. The molecule has 0 radical (unpaired) electrons. The highest BCUT2D eigenvalue weighted by Gasteiger charge is 2.18. The Hall–Kier alpha value is -1.02. The van der Waals surface area contributed by atoms with Gasteiger partial charge in [-0.3, -0.25) is 0 Å². The van der Waals surface area contributed by atoms with Crippen LogP contribution in [-0.2, 0) is 21.4 Å². The van der Waals surface area contributed by atoms with Crippen LogP contribution in [0.25, 0.3) is 0 Å². The Kier molecular flexibility index (Phi) is 5.01. The lowest BCUT2D eigenvalue weighted by Crippen LogP contribution is -2.28. The number of hydrogen-bond donors (Lipinski definition) is 2. The van der Waals surface area contributed by atoms with Gasteiger partial charge >= 0.3 is 0 Å². The molecule has 0 saturated carbocycles. The zero-order valence-corrected chi connectivity index (χ0v) is 10.1. The average molecular weight is 263 g/mol. The number of benzene rings is 1. The van der Waals surface area contributed by atoms with E-state index in [0.717, 1.165) is 12.1 Å². The maximum Gasteiger partial charge on any atom is 0.243 e. The Morgan fingerprint density at radius 1 is 1.47 bits per heavy atom. The molecule has 1 aromatic rings. The van der Waals surface area contributed by atoms with Crippen molar-refractivity contribution in [2.45, 2.75) is 11.5 Å². The minimum absolute atomic E-state index is 0.0695. The first-order chi connectivity index (χ1) is 8.01. The lowest BCUT2D eigenvalue weighted by Gasteiger charge is -2.08. The van der Waals surface area contributed by atoms with E-state index in [1.54, 1.807) is 0 Å². The minimum Gasteiger partial charge on any atom is -0.392 e. The molecule has 0 unspecified atom stereocenters. The first-order valence-corrected chi connectivity index (χ1v) is 6.37. The van der Waals surface area contributed by atoms with Crippen LogP contribution in [0.2, 0.25) is 0 Å². The molecule has 17 heavy (non-hydrogen) atoms. The third-order valence-corrected chi connectivity index (χ3v) is 3.56. The molecule has 0 aliphatic carbocycles. The molecule has 1 rings (SSSR count). The van der Waals surface area contributed by atoms with E-state index in [0.29, 0.717) is 5.56 Å². The van der Waals surface area contributed by atoms with E-state index in [1.165, 1.54) is 13.2 Å². The Balaban J connectivity index is 2.91. The van der Waals surface area contributed by atoms with Crippen molar-refractivity contribution in [3.8, 4) is 0 Å². The van der Waals surface area contributed by atoms with Crippen LogP contribution in [0.1, 0.15) is 5.56 Å². The maximum atomic E-state index is 13.5. The van der Waals surface area contributed by atoms with Crippen LogP contribution in [0.15, 0.2) is 23.1 Å². The van der Waals surface area contributed by atoms with Crippen LogP contribution in [0.3, 0.4) is 0 Å². The second-order valence-corrected chi connectivity index (χ2v) is 5.05. The minimum atomic E-state index is -3.87. The molecule has 0 fully saturated rings. The Morgan fingerprint density at radius 2 is 2.18 bits per heavy atom. The fourth-order valence-electron chi connectivity index (χ4n) is 1.22. The van der Waals surface area contributed by atoms with Crippen molar-refractivity contribution in [1.29, 1.82) is 0 Å². The van der Waals surface area contributed by atoms with E-state index in [9.17, 15) is 12.8 Å². The summed E-state index contributed by atoms with van der Waals surface area (Å²) in [6.07, 6.45) is 0. The lowest BCUT2D eigenvalue weighted by molar-refractivity contribution is 0.204. The van der Waals surface area contributed by atoms with Gasteiger partial charge in [-0.1, -0.05) is 6.07 Å². The van der Waals surface area contributed by atoms with Gasteiger partial charge in [-0.05, 0) is 17.7 Å². The van der Waals surface area contributed by atoms with Crippen LogP contribution in [0.4, 0.5) is 4.39 Å². The number of halogens is 1. The number of sulfonamides is 1. The summed E-state index contributed by atoms with van der Waals surface area (Å²) in [6.45, 7) is -0.0655. The molecule has 0 aromatic heterocycles. The summed E-state index contributed by atoms with van der Waals surface area (Å²) in [7, 11) is -2.44. The quantitative estimate of drug-likeness (QED) is 0.721. The first-order valence-electron chi connectivity index (χ1n) is 4.89. The molecule has 0 amide bonds.